The van der Waals surface area contributed by atoms with Crippen molar-refractivity contribution >= 4 is 98.0 Å². The number of phenolic OH excluding ortho intramolecular Hbond substituents is 6. The predicted molar refractivity (Wildman–Crippen MR) is 158 cm³/mol. The second kappa shape index (κ2) is 6.55. The number of hydrogen-bond donors (Lipinski definition) is 6. The molecule has 6 N–H and O–H groups in total. The minimum absolute atomic E-state index is 0.0147. The summed E-state index contributed by atoms with van der Waals surface area (Å²) < 4.78 is -0.0455. The standard InChI is InChI=1S/C30H15IO8/c1-6-3-8(32)15-18-12(6)13-7(2)4-9(33)16-19(13)22-21(18)20-14(10(34)5-11(35)17(20)27(15)36)24-23(22)25(28(16)37)30(39)26(31)29(24)38/h3-5,32,35-39H,1-2H3/i31-4. The Kier molecular flexibility index (Phi) is 3.77. The number of hydrogen-bond acceptors (Lipinski definition) is 8. The van der Waals surface area contributed by atoms with E-state index in [1.807, 2.05) is 0 Å². The highest BCUT2D eigenvalue weighted by Crippen LogP contribution is 2.60. The molecule has 0 spiro atoms. The second-order valence-corrected chi connectivity index (χ2v) is 11.3. The largest absolute Gasteiger partial charge is 0.507 e. The summed E-state index contributed by atoms with van der Waals surface area (Å²) in [6.07, 6.45) is 0. The molecule has 0 heterocycles. The van der Waals surface area contributed by atoms with Crippen LogP contribution in [0, 0.1) is 17.4 Å². The van der Waals surface area contributed by atoms with Crippen LogP contribution in [0.5, 0.6) is 34.5 Å². The van der Waals surface area contributed by atoms with E-state index >= 15 is 0 Å². The Balaban J connectivity index is 2.04. The number of benzene rings is 8. The zero-order valence-electron chi connectivity index (χ0n) is 20.1. The summed E-state index contributed by atoms with van der Waals surface area (Å²) in [5.41, 5.74) is 0.0561. The first kappa shape index (κ1) is 22.5. The van der Waals surface area contributed by atoms with Crippen molar-refractivity contribution in [1.29, 1.82) is 0 Å². The second-order valence-electron chi connectivity index (χ2n) is 10.3. The molecule has 0 aliphatic carbocycles. The van der Waals surface area contributed by atoms with E-state index < -0.39 is 39.6 Å². The molecule has 0 saturated heterocycles. The third kappa shape index (κ3) is 2.18. The van der Waals surface area contributed by atoms with Crippen molar-refractivity contribution < 1.29 is 30.6 Å². The van der Waals surface area contributed by atoms with E-state index in [4.69, 9.17) is 0 Å². The number of fused-ring (bicyclic) bond motifs is 2. The Bertz CT molecular complexity index is 2570. The molecule has 39 heavy (non-hydrogen) atoms. The van der Waals surface area contributed by atoms with E-state index in [0.717, 1.165) is 6.07 Å². The lowest BCUT2D eigenvalue weighted by atomic mass is 9.78. The van der Waals surface area contributed by atoms with Crippen LogP contribution in [-0.2, 0) is 0 Å². The zero-order chi connectivity index (χ0) is 27.6. The lowest BCUT2D eigenvalue weighted by molar-refractivity contribution is 0.447. The van der Waals surface area contributed by atoms with Gasteiger partial charge in [0.25, 0.3) is 0 Å². The van der Waals surface area contributed by atoms with Crippen molar-refractivity contribution in [1.82, 2.24) is 0 Å². The maximum Gasteiger partial charge on any atom is 0.190 e. The van der Waals surface area contributed by atoms with Crippen molar-refractivity contribution in [3.05, 3.63) is 53.3 Å². The van der Waals surface area contributed by atoms with Gasteiger partial charge in [-0.05, 0) is 70.5 Å². The maximum atomic E-state index is 13.5. The summed E-state index contributed by atoms with van der Waals surface area (Å²) >= 11 is 1.70. The predicted octanol–water partition coefficient (Wildman–Crippen LogP) is 5.69. The Morgan fingerprint density at radius 3 is 1.49 bits per heavy atom. The lowest BCUT2D eigenvalue weighted by Gasteiger charge is -2.26. The minimum Gasteiger partial charge on any atom is -0.507 e. The first-order chi connectivity index (χ1) is 18.5. The van der Waals surface area contributed by atoms with Crippen molar-refractivity contribution in [3.8, 4) is 34.5 Å². The molecular weight excluding hydrogens is 611 g/mol. The Hall–Kier alpha value is -4.51. The van der Waals surface area contributed by atoms with Crippen LogP contribution < -0.4 is 10.9 Å². The minimum atomic E-state index is -0.656. The number of aryl methyl sites for hydroxylation is 2. The Morgan fingerprint density at radius 2 is 0.846 bits per heavy atom. The van der Waals surface area contributed by atoms with Crippen LogP contribution in [0.3, 0.4) is 0 Å². The summed E-state index contributed by atoms with van der Waals surface area (Å²) in [5, 5.41) is 70.4. The molecule has 8 nitrogen and oxygen atoms in total. The smallest absolute Gasteiger partial charge is 0.190 e. The molecule has 0 aliphatic rings. The highest BCUT2D eigenvalue weighted by molar-refractivity contribution is 14.1. The molecule has 0 radical (unpaired) electrons. The Labute approximate surface area is 229 Å². The molecule has 8 rings (SSSR count). The van der Waals surface area contributed by atoms with E-state index in [1.165, 1.54) is 12.1 Å². The van der Waals surface area contributed by atoms with Gasteiger partial charge in [-0.25, -0.2) is 0 Å². The summed E-state index contributed by atoms with van der Waals surface area (Å²) in [7, 11) is 0. The van der Waals surface area contributed by atoms with E-state index in [0.29, 0.717) is 43.4 Å². The highest BCUT2D eigenvalue weighted by atomic mass is 123. The van der Waals surface area contributed by atoms with Crippen LogP contribution in [0.2, 0.25) is 0 Å². The van der Waals surface area contributed by atoms with Gasteiger partial charge in [-0.2, -0.15) is 0 Å². The molecule has 0 atom stereocenters. The number of aromatic hydroxyl groups is 6. The molecule has 0 amide bonds. The fourth-order valence-corrected chi connectivity index (χ4v) is 7.54. The molecule has 0 fully saturated rings. The van der Waals surface area contributed by atoms with Crippen LogP contribution in [0.15, 0.2) is 27.8 Å². The van der Waals surface area contributed by atoms with Gasteiger partial charge in [0.05, 0.1) is 25.1 Å². The maximum absolute atomic E-state index is 13.5. The van der Waals surface area contributed by atoms with Gasteiger partial charge in [-0.15, -0.1) is 0 Å². The normalized spacial score (nSPS) is 12.8. The molecule has 0 aliphatic heterocycles. The number of rotatable bonds is 0. The molecular formula is C30H15IO8. The summed E-state index contributed by atoms with van der Waals surface area (Å²) in [6, 6.07) is 3.79. The molecule has 0 bridgehead atoms. The first-order valence-electron chi connectivity index (χ1n) is 11.9. The molecule has 0 aromatic heterocycles. The highest BCUT2D eigenvalue weighted by Gasteiger charge is 2.34. The quantitative estimate of drug-likeness (QED) is 0.0713. The van der Waals surface area contributed by atoms with E-state index in [-0.39, 0.29) is 52.4 Å². The van der Waals surface area contributed by atoms with Crippen LogP contribution in [0.4, 0.5) is 0 Å². The van der Waals surface area contributed by atoms with Gasteiger partial charge in [0.2, 0.25) is 0 Å². The zero-order valence-corrected chi connectivity index (χ0v) is 22.3. The van der Waals surface area contributed by atoms with E-state index in [2.05, 4.69) is 0 Å². The number of halogens is 1. The first-order valence-corrected chi connectivity index (χ1v) is 13.0. The average molecular weight is 626 g/mol. The van der Waals surface area contributed by atoms with Crippen LogP contribution in [-0.4, -0.2) is 30.6 Å². The lowest BCUT2D eigenvalue weighted by Crippen LogP contribution is -2.08. The van der Waals surface area contributed by atoms with Gasteiger partial charge < -0.3 is 30.6 Å². The molecule has 0 unspecified atom stereocenters. The topological polar surface area (TPSA) is 156 Å². The molecule has 0 saturated carbocycles. The van der Waals surface area contributed by atoms with Gasteiger partial charge in [0.1, 0.15) is 34.5 Å². The van der Waals surface area contributed by atoms with Gasteiger partial charge in [-0.3, -0.25) is 9.59 Å². The van der Waals surface area contributed by atoms with Crippen molar-refractivity contribution in [2.45, 2.75) is 13.8 Å². The molecule has 8 aromatic rings. The third-order valence-electron chi connectivity index (χ3n) is 8.35. The van der Waals surface area contributed by atoms with Crippen LogP contribution in [0.1, 0.15) is 11.1 Å². The van der Waals surface area contributed by atoms with E-state index in [9.17, 15) is 40.2 Å². The van der Waals surface area contributed by atoms with Crippen molar-refractivity contribution in [2.24, 2.45) is 0 Å². The molecule has 190 valence electrons. The van der Waals surface area contributed by atoms with Crippen molar-refractivity contribution in [3.63, 3.8) is 0 Å². The van der Waals surface area contributed by atoms with Gasteiger partial charge in [0.15, 0.2) is 10.9 Å². The van der Waals surface area contributed by atoms with Gasteiger partial charge in [0, 0.05) is 49.2 Å². The SMILES string of the molecule is Cc1cc(O)c2c(O)c3c(O)cc(=O)c4c5c(O)c([123I])c(O)c6c(O)c7c(=O)cc(C)c8c1c2c(c34)c(c65)c78. The fraction of sp³-hybridized carbons (Fsp3) is 0.0667. The number of phenols is 6. The monoisotopic (exact) mass is 626 g/mol. The van der Waals surface area contributed by atoms with E-state index in [1.54, 1.807) is 36.4 Å². The van der Waals surface area contributed by atoms with Gasteiger partial charge in [-0.1, -0.05) is 0 Å². The fourth-order valence-electron chi connectivity index (χ4n) is 7.01. The summed E-state index contributed by atoms with van der Waals surface area (Å²) in [5.74, 6) is -2.56. The summed E-state index contributed by atoms with van der Waals surface area (Å²) in [6.45, 7) is 3.51. The molecule has 8 aromatic carbocycles. The van der Waals surface area contributed by atoms with Crippen molar-refractivity contribution in [2.75, 3.05) is 0 Å². The van der Waals surface area contributed by atoms with Crippen LogP contribution in [0.25, 0.3) is 75.4 Å². The third-order valence-corrected chi connectivity index (χ3v) is 9.37. The summed E-state index contributed by atoms with van der Waals surface area (Å²) in [4.78, 5) is 27.0. The molecule has 9 heteroatoms. The Morgan fingerprint density at radius 1 is 0.436 bits per heavy atom. The van der Waals surface area contributed by atoms with Gasteiger partial charge >= 0.3 is 0 Å². The van der Waals surface area contributed by atoms with Crippen LogP contribution >= 0.6 is 22.6 Å². The average Bonchev–Trinajstić information content (AvgIpc) is 2.86.